The largest absolute Gasteiger partial charge is 0.345 e. The molecule has 0 N–H and O–H groups in total. The van der Waals surface area contributed by atoms with Gasteiger partial charge in [0.1, 0.15) is 0 Å². The minimum absolute atomic E-state index is 0.0997. The van der Waals surface area contributed by atoms with Gasteiger partial charge in [0, 0.05) is 32.4 Å². The van der Waals surface area contributed by atoms with Gasteiger partial charge >= 0.3 is 0 Å². The van der Waals surface area contributed by atoms with Crippen molar-refractivity contribution < 1.29 is 9.59 Å². The fraction of sp³-hybridized carbons (Fsp3) is 0.526. The van der Waals surface area contributed by atoms with Gasteiger partial charge in [-0.3, -0.25) is 9.59 Å². The molecule has 0 aromatic carbocycles. The summed E-state index contributed by atoms with van der Waals surface area (Å²) in [6, 6.07) is 4.21. The molecular formula is C19H24N4O2. The van der Waals surface area contributed by atoms with Crippen molar-refractivity contribution in [1.82, 2.24) is 19.4 Å². The molecule has 0 aliphatic carbocycles. The predicted octanol–water partition coefficient (Wildman–Crippen LogP) is 2.30. The van der Waals surface area contributed by atoms with Crippen LogP contribution in [0, 0.1) is 0 Å². The van der Waals surface area contributed by atoms with Crippen LogP contribution in [0.2, 0.25) is 0 Å². The fourth-order valence-corrected chi connectivity index (χ4v) is 4.02. The number of fused-ring (bicyclic) bond motifs is 1. The molecule has 6 heteroatoms. The van der Waals surface area contributed by atoms with Gasteiger partial charge in [-0.15, -0.1) is 0 Å². The van der Waals surface area contributed by atoms with Gasteiger partial charge in [-0.1, -0.05) is 0 Å². The van der Waals surface area contributed by atoms with E-state index in [-0.39, 0.29) is 5.91 Å². The highest BCUT2D eigenvalue weighted by Gasteiger charge is 2.24. The van der Waals surface area contributed by atoms with E-state index < -0.39 is 0 Å². The molecular weight excluding hydrogens is 316 g/mol. The van der Waals surface area contributed by atoms with Crippen LogP contribution < -0.4 is 0 Å². The van der Waals surface area contributed by atoms with Crippen LogP contribution in [0.3, 0.4) is 0 Å². The van der Waals surface area contributed by atoms with Crippen molar-refractivity contribution in [3.8, 4) is 0 Å². The lowest BCUT2D eigenvalue weighted by Crippen LogP contribution is -2.35. The van der Waals surface area contributed by atoms with E-state index in [1.807, 2.05) is 16.0 Å². The zero-order valence-corrected chi connectivity index (χ0v) is 14.4. The summed E-state index contributed by atoms with van der Waals surface area (Å²) in [5.74, 6) is 0.539. The van der Waals surface area contributed by atoms with E-state index in [1.165, 1.54) is 12.0 Å². The van der Waals surface area contributed by atoms with E-state index in [2.05, 4.69) is 17.2 Å². The normalized spacial score (nSPS) is 19.4. The lowest BCUT2D eigenvalue weighted by atomic mass is 9.90. The Morgan fingerprint density at radius 2 is 1.88 bits per heavy atom. The number of pyridine rings is 1. The average molecular weight is 340 g/mol. The number of likely N-dealkylation sites (tertiary alicyclic amines) is 2. The summed E-state index contributed by atoms with van der Waals surface area (Å²) in [7, 11) is 0. The number of piperidine rings is 2. The molecule has 2 aromatic rings. The second-order valence-corrected chi connectivity index (χ2v) is 7.12. The predicted molar refractivity (Wildman–Crippen MR) is 94.6 cm³/mol. The molecule has 2 saturated heterocycles. The third-order valence-electron chi connectivity index (χ3n) is 5.57. The first-order valence-electron chi connectivity index (χ1n) is 9.22. The molecule has 0 saturated carbocycles. The second-order valence-electron chi connectivity index (χ2n) is 7.12. The van der Waals surface area contributed by atoms with Crippen LogP contribution in [0.25, 0.3) is 5.52 Å². The first-order valence-corrected chi connectivity index (χ1v) is 9.22. The quantitative estimate of drug-likeness (QED) is 0.806. The molecule has 2 amide bonds. The maximum absolute atomic E-state index is 12.9. The van der Waals surface area contributed by atoms with Crippen LogP contribution in [-0.4, -0.2) is 57.9 Å². The van der Waals surface area contributed by atoms with Crippen LogP contribution in [0.4, 0.5) is 0 Å². The third kappa shape index (κ3) is 3.13. The first-order chi connectivity index (χ1) is 12.3. The van der Waals surface area contributed by atoms with E-state index in [0.29, 0.717) is 11.5 Å². The molecule has 132 valence electrons. The molecule has 4 heterocycles. The summed E-state index contributed by atoms with van der Waals surface area (Å²) in [6.45, 7) is 3.30. The van der Waals surface area contributed by atoms with Crippen LogP contribution in [0.1, 0.15) is 53.9 Å². The van der Waals surface area contributed by atoms with Gasteiger partial charge in [0.05, 0.1) is 17.3 Å². The lowest BCUT2D eigenvalue weighted by molar-refractivity contribution is -0.119. The summed E-state index contributed by atoms with van der Waals surface area (Å²) < 4.78 is 1.79. The second kappa shape index (κ2) is 6.86. The Kier molecular flexibility index (Phi) is 4.42. The van der Waals surface area contributed by atoms with Gasteiger partial charge < -0.3 is 9.80 Å². The molecule has 0 unspecified atom stereocenters. The van der Waals surface area contributed by atoms with E-state index in [1.54, 1.807) is 10.7 Å². The van der Waals surface area contributed by atoms with Gasteiger partial charge in [-0.2, -0.15) is 5.10 Å². The Hall–Kier alpha value is -2.37. The zero-order valence-electron chi connectivity index (χ0n) is 14.4. The van der Waals surface area contributed by atoms with Crippen LogP contribution in [0.15, 0.2) is 24.5 Å². The molecule has 6 nitrogen and oxygen atoms in total. The van der Waals surface area contributed by atoms with Gasteiger partial charge in [-0.05, 0) is 55.7 Å². The molecule has 0 atom stereocenters. The number of aromatic nitrogens is 2. The molecule has 2 aliphatic heterocycles. The summed E-state index contributed by atoms with van der Waals surface area (Å²) in [6.07, 6.45) is 9.91. The minimum atomic E-state index is 0.0997. The number of hydrogen-bond donors (Lipinski definition) is 0. The number of carbonyl (C=O) groups excluding carboxylic acids is 2. The number of nitrogens with zero attached hydrogens (tertiary/aromatic N) is 4. The van der Waals surface area contributed by atoms with Crippen molar-refractivity contribution in [3.05, 3.63) is 35.7 Å². The van der Waals surface area contributed by atoms with Crippen molar-refractivity contribution >= 4 is 17.8 Å². The van der Waals surface area contributed by atoms with Gasteiger partial charge in [0.15, 0.2) is 0 Å². The molecule has 4 rings (SSSR count). The molecule has 2 aliphatic rings. The van der Waals surface area contributed by atoms with E-state index in [9.17, 15) is 9.59 Å². The summed E-state index contributed by atoms with van der Waals surface area (Å²) in [5, 5.41) is 4.36. The molecule has 0 spiro atoms. The van der Waals surface area contributed by atoms with Gasteiger partial charge in [-0.25, -0.2) is 4.52 Å². The maximum atomic E-state index is 12.9. The smallest absolute Gasteiger partial charge is 0.257 e. The van der Waals surface area contributed by atoms with Crippen LogP contribution >= 0.6 is 0 Å². The molecule has 2 fully saturated rings. The number of rotatable bonds is 3. The zero-order chi connectivity index (χ0) is 17.2. The number of hydrogen-bond acceptors (Lipinski definition) is 3. The average Bonchev–Trinajstić information content (AvgIpc) is 3.11. The van der Waals surface area contributed by atoms with Crippen LogP contribution in [-0.2, 0) is 4.79 Å². The monoisotopic (exact) mass is 340 g/mol. The molecule has 0 radical (unpaired) electrons. The highest BCUT2D eigenvalue weighted by atomic mass is 16.2. The first kappa shape index (κ1) is 16.1. The molecule has 2 aromatic heterocycles. The van der Waals surface area contributed by atoms with E-state index in [0.717, 1.165) is 63.8 Å². The standard InChI is InChI=1S/C19H24N4O2/c24-14-21-9-4-15(5-10-21)16-6-11-23-18(12-16)17(13-20-23)19(25)22-7-2-1-3-8-22/h6,11-15H,1-5,7-10H2. The highest BCUT2D eigenvalue weighted by Crippen LogP contribution is 2.29. The van der Waals surface area contributed by atoms with Gasteiger partial charge in [0.2, 0.25) is 6.41 Å². The Morgan fingerprint density at radius 3 is 2.60 bits per heavy atom. The van der Waals surface area contributed by atoms with Crippen molar-refractivity contribution in [1.29, 1.82) is 0 Å². The van der Waals surface area contributed by atoms with E-state index in [4.69, 9.17) is 0 Å². The molecule has 25 heavy (non-hydrogen) atoms. The molecule has 0 bridgehead atoms. The fourth-order valence-electron chi connectivity index (χ4n) is 4.02. The van der Waals surface area contributed by atoms with Crippen molar-refractivity contribution in [2.45, 2.75) is 38.0 Å². The SMILES string of the molecule is O=CN1CCC(c2ccn3ncc(C(=O)N4CCCCC4)c3c2)CC1. The lowest BCUT2D eigenvalue weighted by Gasteiger charge is -2.29. The third-order valence-corrected chi connectivity index (χ3v) is 5.57. The Morgan fingerprint density at radius 1 is 1.12 bits per heavy atom. The van der Waals surface area contributed by atoms with Crippen molar-refractivity contribution in [2.24, 2.45) is 0 Å². The van der Waals surface area contributed by atoms with Crippen LogP contribution in [0.5, 0.6) is 0 Å². The Labute approximate surface area is 147 Å². The minimum Gasteiger partial charge on any atom is -0.345 e. The Balaban J connectivity index is 1.59. The Bertz CT molecular complexity index is 771. The highest BCUT2D eigenvalue weighted by molar-refractivity contribution is 6.00. The summed E-state index contributed by atoms with van der Waals surface area (Å²) >= 11 is 0. The summed E-state index contributed by atoms with van der Waals surface area (Å²) in [4.78, 5) is 27.5. The van der Waals surface area contributed by atoms with Gasteiger partial charge in [0.25, 0.3) is 5.91 Å². The van der Waals surface area contributed by atoms with E-state index >= 15 is 0 Å². The summed E-state index contributed by atoms with van der Waals surface area (Å²) in [5.41, 5.74) is 2.84. The maximum Gasteiger partial charge on any atom is 0.257 e. The van der Waals surface area contributed by atoms with Crippen molar-refractivity contribution in [3.63, 3.8) is 0 Å². The van der Waals surface area contributed by atoms with Crippen molar-refractivity contribution in [2.75, 3.05) is 26.2 Å². The number of carbonyl (C=O) groups is 2. The topological polar surface area (TPSA) is 57.9 Å². The number of amides is 2.